The first-order valence-electron chi connectivity index (χ1n) is 8.78. The Morgan fingerprint density at radius 2 is 1.92 bits per heavy atom. The number of pyridine rings is 1. The van der Waals surface area contributed by atoms with Crippen molar-refractivity contribution in [2.24, 2.45) is 0 Å². The monoisotopic (exact) mass is 326 g/mol. The van der Waals surface area contributed by atoms with Gasteiger partial charge in [-0.25, -0.2) is 9.78 Å². The van der Waals surface area contributed by atoms with Crippen LogP contribution >= 0.6 is 0 Å². The molecule has 1 aromatic carbocycles. The second-order valence-corrected chi connectivity index (χ2v) is 6.86. The van der Waals surface area contributed by atoms with E-state index in [1.165, 1.54) is 17.5 Å². The Bertz CT molecular complexity index is 810. The number of nitrogens with one attached hydrogen (secondary N) is 1. The highest BCUT2D eigenvalue weighted by Gasteiger charge is 2.27. The molecule has 1 aromatic heterocycles. The number of aromatic nitrogens is 1. The molecule has 4 rings (SSSR count). The Hall–Kier alpha value is -2.14. The molecule has 0 spiro atoms. The highest BCUT2D eigenvalue weighted by Crippen LogP contribution is 2.39. The average molecular weight is 326 g/mol. The number of aryl methyl sites for hydroxylation is 2. The molecule has 3 N–H and O–H groups in total. The first kappa shape index (κ1) is 15.4. The van der Waals surface area contributed by atoms with Crippen molar-refractivity contribution in [3.05, 3.63) is 34.5 Å². The third-order valence-corrected chi connectivity index (χ3v) is 5.42. The van der Waals surface area contributed by atoms with E-state index in [0.29, 0.717) is 11.1 Å². The van der Waals surface area contributed by atoms with E-state index in [1.807, 2.05) is 12.1 Å². The predicted octanol–water partition coefficient (Wildman–Crippen LogP) is 2.98. The van der Waals surface area contributed by atoms with Gasteiger partial charge in [-0.05, 0) is 62.7 Å². The summed E-state index contributed by atoms with van der Waals surface area (Å²) in [4.78, 5) is 16.7. The van der Waals surface area contributed by atoms with Gasteiger partial charge in [-0.2, -0.15) is 0 Å². The summed E-state index contributed by atoms with van der Waals surface area (Å²) in [5.74, 6) is -1.10. The van der Waals surface area contributed by atoms with Gasteiger partial charge < -0.3 is 15.5 Å². The molecule has 0 bridgehead atoms. The van der Waals surface area contributed by atoms with Crippen LogP contribution in [0.4, 0.5) is 0 Å². The van der Waals surface area contributed by atoms with Crippen LogP contribution in [-0.4, -0.2) is 34.3 Å². The molecule has 5 heteroatoms. The topological polar surface area (TPSA) is 82.5 Å². The van der Waals surface area contributed by atoms with Crippen LogP contribution in [0, 0.1) is 0 Å². The highest BCUT2D eigenvalue weighted by molar-refractivity contribution is 6.06. The van der Waals surface area contributed by atoms with Crippen LogP contribution < -0.4 is 5.32 Å². The zero-order chi connectivity index (χ0) is 16.7. The Kier molecular flexibility index (Phi) is 3.88. The third kappa shape index (κ3) is 2.44. The first-order valence-corrected chi connectivity index (χ1v) is 8.78. The number of carboxylic acids is 1. The number of carboxylic acid groups (broad SMARTS) is 1. The van der Waals surface area contributed by atoms with Crippen LogP contribution in [0.15, 0.2) is 12.1 Å². The van der Waals surface area contributed by atoms with Crippen molar-refractivity contribution in [3.8, 4) is 5.75 Å². The molecule has 2 aromatic rings. The van der Waals surface area contributed by atoms with Crippen LogP contribution in [-0.2, 0) is 12.8 Å². The van der Waals surface area contributed by atoms with Gasteiger partial charge in [0.25, 0.3) is 0 Å². The molecule has 1 aliphatic heterocycles. The van der Waals surface area contributed by atoms with Crippen LogP contribution in [0.3, 0.4) is 0 Å². The maximum absolute atomic E-state index is 11.8. The van der Waals surface area contributed by atoms with Gasteiger partial charge >= 0.3 is 5.97 Å². The van der Waals surface area contributed by atoms with E-state index in [-0.39, 0.29) is 17.2 Å². The van der Waals surface area contributed by atoms with E-state index in [1.54, 1.807) is 0 Å². The second-order valence-electron chi connectivity index (χ2n) is 6.86. The van der Waals surface area contributed by atoms with E-state index in [4.69, 9.17) is 4.98 Å². The number of nitrogens with zero attached hydrogens (tertiary/aromatic N) is 1. The van der Waals surface area contributed by atoms with Crippen LogP contribution in [0.1, 0.15) is 58.8 Å². The number of hydrogen-bond donors (Lipinski definition) is 3. The van der Waals surface area contributed by atoms with Crippen molar-refractivity contribution in [3.63, 3.8) is 0 Å². The largest absolute Gasteiger partial charge is 0.505 e. The molecule has 2 heterocycles. The maximum atomic E-state index is 11.8. The van der Waals surface area contributed by atoms with Gasteiger partial charge in [0.15, 0.2) is 5.75 Å². The fraction of sp³-hybridized carbons (Fsp3) is 0.474. The van der Waals surface area contributed by atoms with Gasteiger partial charge in [-0.3, -0.25) is 0 Å². The van der Waals surface area contributed by atoms with Crippen molar-refractivity contribution in [2.45, 2.75) is 44.4 Å². The van der Waals surface area contributed by atoms with Crippen molar-refractivity contribution in [1.82, 2.24) is 10.3 Å². The first-order chi connectivity index (χ1) is 11.7. The summed E-state index contributed by atoms with van der Waals surface area (Å²) in [6, 6.07) is 3.83. The molecular weight excluding hydrogens is 304 g/mol. The summed E-state index contributed by atoms with van der Waals surface area (Å²) in [6.45, 7) is 1.75. The fourth-order valence-electron chi connectivity index (χ4n) is 4.16. The molecule has 2 aliphatic rings. The molecule has 0 unspecified atom stereocenters. The number of rotatable bonds is 2. The van der Waals surface area contributed by atoms with E-state index < -0.39 is 5.97 Å². The summed E-state index contributed by atoms with van der Waals surface area (Å²) in [7, 11) is 0. The van der Waals surface area contributed by atoms with Crippen molar-refractivity contribution >= 4 is 16.9 Å². The Morgan fingerprint density at radius 3 is 2.67 bits per heavy atom. The van der Waals surface area contributed by atoms with Crippen LogP contribution in [0.5, 0.6) is 5.75 Å². The lowest BCUT2D eigenvalue weighted by Gasteiger charge is -2.25. The van der Waals surface area contributed by atoms with Crippen molar-refractivity contribution in [2.75, 3.05) is 13.1 Å². The zero-order valence-electron chi connectivity index (χ0n) is 13.6. The summed E-state index contributed by atoms with van der Waals surface area (Å²) in [5.41, 5.74) is 3.83. The lowest BCUT2D eigenvalue weighted by molar-refractivity contribution is 0.0695. The third-order valence-electron chi connectivity index (χ3n) is 5.42. The zero-order valence-corrected chi connectivity index (χ0v) is 13.6. The lowest BCUT2D eigenvalue weighted by atomic mass is 9.87. The number of aromatic hydroxyl groups is 1. The minimum atomic E-state index is -1.08. The Morgan fingerprint density at radius 1 is 1.17 bits per heavy atom. The highest BCUT2D eigenvalue weighted by atomic mass is 16.4. The molecule has 24 heavy (non-hydrogen) atoms. The number of fused-ring (bicyclic) bond motifs is 3. The Labute approximate surface area is 140 Å². The molecule has 126 valence electrons. The van der Waals surface area contributed by atoms with Crippen molar-refractivity contribution in [1.29, 1.82) is 0 Å². The SMILES string of the molecule is O=C(O)c1c(O)c(C2CCNCC2)nc2c3c(ccc12)CCCC3. The number of hydrogen-bond acceptors (Lipinski definition) is 4. The van der Waals surface area contributed by atoms with E-state index >= 15 is 0 Å². The maximum Gasteiger partial charge on any atom is 0.340 e. The molecule has 0 radical (unpaired) electrons. The lowest BCUT2D eigenvalue weighted by Crippen LogP contribution is -2.27. The smallest absolute Gasteiger partial charge is 0.340 e. The predicted molar refractivity (Wildman–Crippen MR) is 91.9 cm³/mol. The fourth-order valence-corrected chi connectivity index (χ4v) is 4.16. The molecule has 0 atom stereocenters. The minimum absolute atomic E-state index is 0.0157. The normalized spacial score (nSPS) is 18.5. The number of benzene rings is 1. The van der Waals surface area contributed by atoms with Gasteiger partial charge in [0.1, 0.15) is 5.56 Å². The van der Waals surface area contributed by atoms with Gasteiger partial charge in [-0.1, -0.05) is 12.1 Å². The molecule has 0 saturated carbocycles. The van der Waals surface area contributed by atoms with Gasteiger partial charge in [0, 0.05) is 11.3 Å². The van der Waals surface area contributed by atoms with E-state index in [9.17, 15) is 15.0 Å². The van der Waals surface area contributed by atoms with E-state index in [2.05, 4.69) is 5.32 Å². The van der Waals surface area contributed by atoms with E-state index in [0.717, 1.165) is 50.7 Å². The Balaban J connectivity index is 1.99. The van der Waals surface area contributed by atoms with Gasteiger partial charge in [-0.15, -0.1) is 0 Å². The molecule has 1 saturated heterocycles. The number of carbonyl (C=O) groups is 1. The molecular formula is C19H22N2O3. The van der Waals surface area contributed by atoms with Crippen LogP contribution in [0.2, 0.25) is 0 Å². The summed E-state index contributed by atoms with van der Waals surface area (Å²) in [5, 5.41) is 24.2. The molecule has 5 nitrogen and oxygen atoms in total. The average Bonchev–Trinajstić information content (AvgIpc) is 2.61. The van der Waals surface area contributed by atoms with Gasteiger partial charge in [0.2, 0.25) is 0 Å². The molecule has 1 aliphatic carbocycles. The number of piperidine rings is 1. The summed E-state index contributed by atoms with van der Waals surface area (Å²) in [6.07, 6.45) is 6.00. The van der Waals surface area contributed by atoms with Crippen molar-refractivity contribution < 1.29 is 15.0 Å². The quantitative estimate of drug-likeness (QED) is 0.790. The second kappa shape index (κ2) is 6.06. The molecule has 1 fully saturated rings. The minimum Gasteiger partial charge on any atom is -0.505 e. The number of aromatic carboxylic acids is 1. The van der Waals surface area contributed by atoms with Crippen LogP contribution in [0.25, 0.3) is 10.9 Å². The summed E-state index contributed by atoms with van der Waals surface area (Å²) < 4.78 is 0. The summed E-state index contributed by atoms with van der Waals surface area (Å²) >= 11 is 0. The standard InChI is InChI=1S/C19H22N2O3/c22-18-15(19(23)24)14-6-5-11-3-1-2-4-13(11)17(14)21-16(18)12-7-9-20-10-8-12/h5-6,12,20,22H,1-4,7-10H2,(H,23,24). The van der Waals surface area contributed by atoms with Gasteiger partial charge in [0.05, 0.1) is 11.2 Å². The molecule has 0 amide bonds.